The van der Waals surface area contributed by atoms with E-state index in [2.05, 4.69) is 5.32 Å². The zero-order valence-corrected chi connectivity index (χ0v) is 12.0. The zero-order chi connectivity index (χ0) is 14.5. The Balaban J connectivity index is 2.11. The highest BCUT2D eigenvalue weighted by atomic mass is 19.1. The lowest BCUT2D eigenvalue weighted by Gasteiger charge is -2.23. The van der Waals surface area contributed by atoms with Gasteiger partial charge in [-0.25, -0.2) is 4.39 Å². The molecule has 0 bridgehead atoms. The third-order valence-corrected chi connectivity index (χ3v) is 3.72. The summed E-state index contributed by atoms with van der Waals surface area (Å²) in [6.45, 7) is 3.46. The molecular formula is C16H21FN2O. The van der Waals surface area contributed by atoms with Gasteiger partial charge in [0, 0.05) is 25.2 Å². The first-order valence-electron chi connectivity index (χ1n) is 7.01. The number of nitrogens with zero attached hydrogens (tertiary/aromatic N) is 1. The molecule has 1 aliphatic rings. The van der Waals surface area contributed by atoms with Crippen LogP contribution in [0.1, 0.15) is 25.3 Å². The molecule has 108 valence electrons. The number of carbonyl (C=O) groups is 1. The minimum Gasteiger partial charge on any atom is -0.335 e. The van der Waals surface area contributed by atoms with Crippen molar-refractivity contribution >= 4 is 11.5 Å². The standard InChI is InChI=1S/C16H21FN2O/c1-12(13-5-3-6-14(17)10-13)9-16(20)19-8-4-7-15(19)11-18-2/h3,5-6,9-10,15,18H,4,7-8,11H2,1-2H3/b12-9-. The first-order valence-corrected chi connectivity index (χ1v) is 7.01. The summed E-state index contributed by atoms with van der Waals surface area (Å²) in [4.78, 5) is 14.2. The molecule has 2 rings (SSSR count). The lowest BCUT2D eigenvalue weighted by molar-refractivity contribution is -0.126. The second-order valence-corrected chi connectivity index (χ2v) is 5.22. The van der Waals surface area contributed by atoms with Gasteiger partial charge in [-0.3, -0.25) is 4.79 Å². The molecule has 1 heterocycles. The van der Waals surface area contributed by atoms with Gasteiger partial charge >= 0.3 is 0 Å². The number of rotatable bonds is 4. The molecule has 1 aromatic rings. The molecular weight excluding hydrogens is 255 g/mol. The smallest absolute Gasteiger partial charge is 0.247 e. The van der Waals surface area contributed by atoms with Crippen molar-refractivity contribution in [3.05, 3.63) is 41.7 Å². The van der Waals surface area contributed by atoms with E-state index >= 15 is 0 Å². The number of nitrogens with one attached hydrogen (secondary N) is 1. The van der Waals surface area contributed by atoms with Gasteiger partial charge in [0.2, 0.25) is 5.91 Å². The molecule has 0 saturated carbocycles. The molecule has 20 heavy (non-hydrogen) atoms. The molecule has 1 saturated heterocycles. The molecule has 0 aliphatic carbocycles. The molecule has 1 N–H and O–H groups in total. The normalized spacial score (nSPS) is 19.4. The highest BCUT2D eigenvalue weighted by Crippen LogP contribution is 2.20. The van der Waals surface area contributed by atoms with Gasteiger partial charge in [0.05, 0.1) is 0 Å². The third-order valence-electron chi connectivity index (χ3n) is 3.72. The van der Waals surface area contributed by atoms with Crippen molar-refractivity contribution < 1.29 is 9.18 Å². The molecule has 4 heteroatoms. The molecule has 1 aliphatic heterocycles. The molecule has 1 unspecified atom stereocenters. The SMILES string of the molecule is CNCC1CCCN1C(=O)/C=C(/C)c1cccc(F)c1. The van der Waals surface area contributed by atoms with Crippen LogP contribution in [0.4, 0.5) is 4.39 Å². The number of likely N-dealkylation sites (tertiary alicyclic amines) is 1. The summed E-state index contributed by atoms with van der Waals surface area (Å²) in [7, 11) is 1.90. The number of hydrogen-bond donors (Lipinski definition) is 1. The van der Waals surface area contributed by atoms with E-state index in [1.54, 1.807) is 12.1 Å². The van der Waals surface area contributed by atoms with E-state index < -0.39 is 0 Å². The number of allylic oxidation sites excluding steroid dienone is 1. The van der Waals surface area contributed by atoms with Crippen LogP contribution in [0.25, 0.3) is 5.57 Å². The van der Waals surface area contributed by atoms with Crippen LogP contribution in [0.2, 0.25) is 0 Å². The van der Waals surface area contributed by atoms with Crippen LogP contribution in [0.5, 0.6) is 0 Å². The molecule has 0 spiro atoms. The Kier molecular flexibility index (Phi) is 4.90. The van der Waals surface area contributed by atoms with Crippen LogP contribution in [0, 0.1) is 5.82 Å². The minimum absolute atomic E-state index is 0.0181. The number of carbonyl (C=O) groups excluding carboxylic acids is 1. The number of amides is 1. The van der Waals surface area contributed by atoms with Crippen LogP contribution >= 0.6 is 0 Å². The largest absolute Gasteiger partial charge is 0.335 e. The van der Waals surface area contributed by atoms with Gasteiger partial charge in [-0.15, -0.1) is 0 Å². The second-order valence-electron chi connectivity index (χ2n) is 5.22. The van der Waals surface area contributed by atoms with Crippen molar-refractivity contribution in [3.63, 3.8) is 0 Å². The van der Waals surface area contributed by atoms with Crippen molar-refractivity contribution in [2.24, 2.45) is 0 Å². The van der Waals surface area contributed by atoms with Gasteiger partial charge in [0.1, 0.15) is 5.82 Å². The molecule has 1 fully saturated rings. The summed E-state index contributed by atoms with van der Waals surface area (Å²) in [6, 6.07) is 6.60. The first-order chi connectivity index (χ1) is 9.61. The van der Waals surface area contributed by atoms with E-state index in [4.69, 9.17) is 0 Å². The van der Waals surface area contributed by atoms with Gasteiger partial charge in [-0.05, 0) is 50.1 Å². The average Bonchev–Trinajstić information content (AvgIpc) is 2.87. The lowest BCUT2D eigenvalue weighted by atomic mass is 10.1. The van der Waals surface area contributed by atoms with Crippen molar-refractivity contribution in [2.45, 2.75) is 25.8 Å². The number of halogens is 1. The molecule has 1 atom stereocenters. The Hall–Kier alpha value is -1.68. The molecule has 0 radical (unpaired) electrons. The summed E-state index contributed by atoms with van der Waals surface area (Å²) in [5, 5.41) is 3.12. The molecule has 3 nitrogen and oxygen atoms in total. The lowest BCUT2D eigenvalue weighted by Crippen LogP contribution is -2.40. The van der Waals surface area contributed by atoms with E-state index in [-0.39, 0.29) is 17.8 Å². The fraction of sp³-hybridized carbons (Fsp3) is 0.438. The topological polar surface area (TPSA) is 32.3 Å². The Bertz CT molecular complexity index is 513. The quantitative estimate of drug-likeness (QED) is 0.857. The predicted molar refractivity (Wildman–Crippen MR) is 78.7 cm³/mol. The number of likely N-dealkylation sites (N-methyl/N-ethyl adjacent to an activating group) is 1. The predicted octanol–water partition coefficient (Wildman–Crippen LogP) is 2.44. The maximum Gasteiger partial charge on any atom is 0.247 e. The van der Waals surface area contributed by atoms with E-state index in [0.29, 0.717) is 0 Å². The van der Waals surface area contributed by atoms with Crippen molar-refractivity contribution in [2.75, 3.05) is 20.1 Å². The van der Waals surface area contributed by atoms with Gasteiger partial charge in [0.25, 0.3) is 0 Å². The highest BCUT2D eigenvalue weighted by molar-refractivity contribution is 5.95. The third kappa shape index (κ3) is 3.45. The van der Waals surface area contributed by atoms with Gasteiger partial charge < -0.3 is 10.2 Å². The van der Waals surface area contributed by atoms with Gasteiger partial charge in [-0.2, -0.15) is 0 Å². The fourth-order valence-electron chi connectivity index (χ4n) is 2.66. The maximum absolute atomic E-state index is 13.2. The highest BCUT2D eigenvalue weighted by Gasteiger charge is 2.26. The maximum atomic E-state index is 13.2. The van der Waals surface area contributed by atoms with Gasteiger partial charge in [0.15, 0.2) is 0 Å². The number of hydrogen-bond acceptors (Lipinski definition) is 2. The van der Waals surface area contributed by atoms with Crippen LogP contribution in [-0.2, 0) is 4.79 Å². The minimum atomic E-state index is -0.281. The van der Waals surface area contributed by atoms with Crippen LogP contribution < -0.4 is 5.32 Å². The fourth-order valence-corrected chi connectivity index (χ4v) is 2.66. The molecule has 0 aromatic heterocycles. The van der Waals surface area contributed by atoms with Crippen LogP contribution in [0.15, 0.2) is 30.3 Å². The monoisotopic (exact) mass is 276 g/mol. The molecule has 1 aromatic carbocycles. The van der Waals surface area contributed by atoms with Crippen molar-refractivity contribution in [1.29, 1.82) is 0 Å². The first kappa shape index (κ1) is 14.7. The second kappa shape index (κ2) is 6.66. The Labute approximate surface area is 119 Å². The summed E-state index contributed by atoms with van der Waals surface area (Å²) in [5.74, 6) is -0.263. The van der Waals surface area contributed by atoms with Crippen LogP contribution in [-0.4, -0.2) is 37.0 Å². The molecule has 1 amide bonds. The van der Waals surface area contributed by atoms with E-state index in [1.165, 1.54) is 12.1 Å². The van der Waals surface area contributed by atoms with Gasteiger partial charge in [-0.1, -0.05) is 12.1 Å². The van der Waals surface area contributed by atoms with Crippen LogP contribution in [0.3, 0.4) is 0 Å². The van der Waals surface area contributed by atoms with E-state index in [9.17, 15) is 9.18 Å². The zero-order valence-electron chi connectivity index (χ0n) is 12.0. The Morgan fingerprint density at radius 3 is 3.05 bits per heavy atom. The Morgan fingerprint density at radius 1 is 1.55 bits per heavy atom. The summed E-state index contributed by atoms with van der Waals surface area (Å²) in [6.07, 6.45) is 3.70. The Morgan fingerprint density at radius 2 is 2.35 bits per heavy atom. The number of benzene rings is 1. The average molecular weight is 276 g/mol. The van der Waals surface area contributed by atoms with Crippen molar-refractivity contribution in [3.8, 4) is 0 Å². The van der Waals surface area contributed by atoms with E-state index in [0.717, 1.165) is 37.1 Å². The summed E-state index contributed by atoms with van der Waals surface area (Å²) >= 11 is 0. The summed E-state index contributed by atoms with van der Waals surface area (Å²) in [5.41, 5.74) is 1.55. The summed E-state index contributed by atoms with van der Waals surface area (Å²) < 4.78 is 13.2. The van der Waals surface area contributed by atoms with Crippen molar-refractivity contribution in [1.82, 2.24) is 10.2 Å². The van der Waals surface area contributed by atoms with E-state index in [1.807, 2.05) is 24.9 Å².